The Morgan fingerprint density at radius 3 is 2.54 bits per heavy atom. The monoisotopic (exact) mass is 409 g/mol. The summed E-state index contributed by atoms with van der Waals surface area (Å²) in [6, 6.07) is 7.20. The summed E-state index contributed by atoms with van der Waals surface area (Å²) in [5.41, 5.74) is 0.601. The van der Waals surface area contributed by atoms with Crippen molar-refractivity contribution in [3.8, 4) is 11.5 Å². The maximum Gasteiger partial charge on any atom is 0.224 e. The van der Waals surface area contributed by atoms with Crippen molar-refractivity contribution in [2.45, 2.75) is 19.8 Å². The third-order valence-electron chi connectivity index (χ3n) is 3.50. The maximum atomic E-state index is 12.1. The van der Waals surface area contributed by atoms with Gasteiger partial charge in [-0.3, -0.25) is 9.59 Å². The second-order valence-corrected chi connectivity index (χ2v) is 7.50. The molecule has 0 saturated heterocycles. The van der Waals surface area contributed by atoms with E-state index in [-0.39, 0.29) is 24.5 Å². The van der Waals surface area contributed by atoms with Crippen LogP contribution in [0, 0.1) is 6.92 Å². The van der Waals surface area contributed by atoms with Gasteiger partial charge in [0.1, 0.15) is 13.2 Å². The zero-order valence-corrected chi connectivity index (χ0v) is 15.5. The molecule has 0 saturated carbocycles. The van der Waals surface area contributed by atoms with Gasteiger partial charge in [0.2, 0.25) is 5.91 Å². The number of hydrogen-bond acceptors (Lipinski definition) is 5. The lowest BCUT2D eigenvalue weighted by atomic mass is 10.2. The molecule has 0 aliphatic carbocycles. The van der Waals surface area contributed by atoms with Crippen LogP contribution in [0.2, 0.25) is 0 Å². The number of anilines is 1. The molecule has 1 aromatic carbocycles. The second-order valence-electron chi connectivity index (χ2n) is 5.36. The zero-order chi connectivity index (χ0) is 17.1. The highest BCUT2D eigenvalue weighted by molar-refractivity contribution is 9.10. The van der Waals surface area contributed by atoms with Crippen LogP contribution < -0.4 is 14.8 Å². The number of amides is 1. The van der Waals surface area contributed by atoms with Crippen molar-refractivity contribution in [1.82, 2.24) is 0 Å². The number of ketones is 1. The lowest BCUT2D eigenvalue weighted by Crippen LogP contribution is -2.17. The Kier molecular flexibility index (Phi) is 5.20. The molecule has 2 heterocycles. The molecular formula is C17H16BrNO4S. The third kappa shape index (κ3) is 3.96. The Hall–Kier alpha value is -1.86. The third-order valence-corrected chi connectivity index (χ3v) is 5.20. The van der Waals surface area contributed by atoms with Crippen LogP contribution in [0.1, 0.15) is 27.4 Å². The highest BCUT2D eigenvalue weighted by atomic mass is 79.9. The average Bonchev–Trinajstić information content (AvgIpc) is 3.00. The van der Waals surface area contributed by atoms with Gasteiger partial charge in [-0.1, -0.05) is 0 Å². The summed E-state index contributed by atoms with van der Waals surface area (Å²) in [5, 5.41) is 2.80. The van der Waals surface area contributed by atoms with E-state index in [1.54, 1.807) is 18.2 Å². The summed E-state index contributed by atoms with van der Waals surface area (Å²) in [6.45, 7) is 2.94. The van der Waals surface area contributed by atoms with E-state index in [4.69, 9.17) is 9.47 Å². The molecule has 1 amide bonds. The minimum absolute atomic E-state index is 0.00973. The van der Waals surface area contributed by atoms with Crippen molar-refractivity contribution >= 4 is 44.6 Å². The van der Waals surface area contributed by atoms with Crippen molar-refractivity contribution in [1.29, 1.82) is 0 Å². The molecule has 1 N–H and O–H groups in total. The molecular weight excluding hydrogens is 394 g/mol. The largest absolute Gasteiger partial charge is 0.486 e. The highest BCUT2D eigenvalue weighted by Gasteiger charge is 2.17. The predicted molar refractivity (Wildman–Crippen MR) is 96.4 cm³/mol. The van der Waals surface area contributed by atoms with Crippen LogP contribution in [-0.2, 0) is 4.79 Å². The summed E-state index contributed by atoms with van der Waals surface area (Å²) in [7, 11) is 0. The van der Waals surface area contributed by atoms with E-state index in [0.29, 0.717) is 39.8 Å². The van der Waals surface area contributed by atoms with E-state index in [1.165, 1.54) is 11.3 Å². The number of hydrogen-bond donors (Lipinski definition) is 1. The molecule has 0 spiro atoms. The van der Waals surface area contributed by atoms with Gasteiger partial charge < -0.3 is 14.8 Å². The van der Waals surface area contributed by atoms with Crippen LogP contribution in [0.4, 0.5) is 5.69 Å². The van der Waals surface area contributed by atoms with E-state index >= 15 is 0 Å². The molecule has 1 aliphatic heterocycles. The molecule has 0 radical (unpaired) electrons. The second kappa shape index (κ2) is 7.36. The predicted octanol–water partition coefficient (Wildman–Crippen LogP) is 4.19. The molecule has 0 bridgehead atoms. The Morgan fingerprint density at radius 1 is 1.17 bits per heavy atom. The van der Waals surface area contributed by atoms with E-state index in [2.05, 4.69) is 21.2 Å². The number of Topliss-reactive ketones (excluding diaryl/α,β-unsaturated/α-hetero) is 1. The smallest absolute Gasteiger partial charge is 0.224 e. The van der Waals surface area contributed by atoms with Crippen LogP contribution in [0.5, 0.6) is 11.5 Å². The Morgan fingerprint density at radius 2 is 1.88 bits per heavy atom. The number of aryl methyl sites for hydroxylation is 1. The molecule has 5 nitrogen and oxygen atoms in total. The van der Waals surface area contributed by atoms with Gasteiger partial charge in [-0.2, -0.15) is 0 Å². The number of carbonyl (C=O) groups excluding carboxylic acids is 2. The molecule has 126 valence electrons. The standard InChI is InChI=1S/C17H16BrNO4S/c1-10-2-4-16(24-10)13(20)3-5-17(21)19-12-9-15-14(8-11(12)18)22-6-7-23-15/h2,4,8-9H,3,5-7H2,1H3,(H,19,21). The number of rotatable bonds is 5. The molecule has 24 heavy (non-hydrogen) atoms. The van der Waals surface area contributed by atoms with Crippen molar-refractivity contribution < 1.29 is 19.1 Å². The van der Waals surface area contributed by atoms with Gasteiger partial charge in [0.25, 0.3) is 0 Å². The average molecular weight is 410 g/mol. The molecule has 0 unspecified atom stereocenters. The van der Waals surface area contributed by atoms with Crippen molar-refractivity contribution in [3.05, 3.63) is 38.5 Å². The highest BCUT2D eigenvalue weighted by Crippen LogP contribution is 2.38. The van der Waals surface area contributed by atoms with Crippen LogP contribution in [0.15, 0.2) is 28.7 Å². The van der Waals surface area contributed by atoms with Crippen molar-refractivity contribution in [2.24, 2.45) is 0 Å². The summed E-state index contributed by atoms with van der Waals surface area (Å²) in [6.07, 6.45) is 0.324. The summed E-state index contributed by atoms with van der Waals surface area (Å²) in [5.74, 6) is 1.03. The first-order chi connectivity index (χ1) is 11.5. The fraction of sp³-hybridized carbons (Fsp3) is 0.294. The normalized spacial score (nSPS) is 12.8. The Balaban J connectivity index is 1.59. The fourth-order valence-corrected chi connectivity index (χ4v) is 3.56. The Bertz CT molecular complexity index is 787. The fourth-order valence-electron chi connectivity index (χ4n) is 2.31. The number of fused-ring (bicyclic) bond motifs is 1. The Labute approximate surface area is 152 Å². The maximum absolute atomic E-state index is 12.1. The number of nitrogens with one attached hydrogen (secondary N) is 1. The summed E-state index contributed by atoms with van der Waals surface area (Å²) < 4.78 is 11.7. The van der Waals surface area contributed by atoms with Gasteiger partial charge in [0, 0.05) is 34.3 Å². The van der Waals surface area contributed by atoms with Gasteiger partial charge >= 0.3 is 0 Å². The molecule has 7 heteroatoms. The lowest BCUT2D eigenvalue weighted by Gasteiger charge is -2.20. The van der Waals surface area contributed by atoms with Crippen LogP contribution >= 0.6 is 27.3 Å². The molecule has 0 atom stereocenters. The molecule has 3 rings (SSSR count). The number of ether oxygens (including phenoxy) is 2. The van der Waals surface area contributed by atoms with Gasteiger partial charge in [-0.25, -0.2) is 0 Å². The minimum atomic E-state index is -0.214. The van der Waals surface area contributed by atoms with Crippen molar-refractivity contribution in [3.63, 3.8) is 0 Å². The van der Waals surface area contributed by atoms with Gasteiger partial charge in [0.05, 0.1) is 10.6 Å². The van der Waals surface area contributed by atoms with E-state index in [1.807, 2.05) is 13.0 Å². The number of carbonyl (C=O) groups is 2. The van der Waals surface area contributed by atoms with E-state index in [9.17, 15) is 9.59 Å². The quantitative estimate of drug-likeness (QED) is 0.751. The number of thiophene rings is 1. The first kappa shape index (κ1) is 17.0. The molecule has 1 aromatic heterocycles. The zero-order valence-electron chi connectivity index (χ0n) is 13.1. The van der Waals surface area contributed by atoms with Crippen LogP contribution in [0.25, 0.3) is 0 Å². The molecule has 2 aromatic rings. The minimum Gasteiger partial charge on any atom is -0.486 e. The van der Waals surface area contributed by atoms with Crippen LogP contribution in [-0.4, -0.2) is 24.9 Å². The van der Waals surface area contributed by atoms with E-state index in [0.717, 1.165) is 4.88 Å². The van der Waals surface area contributed by atoms with Gasteiger partial charge in [0.15, 0.2) is 17.3 Å². The van der Waals surface area contributed by atoms with Crippen molar-refractivity contribution in [2.75, 3.05) is 18.5 Å². The summed E-state index contributed by atoms with van der Waals surface area (Å²) in [4.78, 5) is 26.0. The molecule has 1 aliphatic rings. The lowest BCUT2D eigenvalue weighted by molar-refractivity contribution is -0.116. The first-order valence-corrected chi connectivity index (χ1v) is 9.12. The van der Waals surface area contributed by atoms with Crippen LogP contribution in [0.3, 0.4) is 0 Å². The SMILES string of the molecule is Cc1ccc(C(=O)CCC(=O)Nc2cc3c(cc2Br)OCCO3)s1. The van der Waals surface area contributed by atoms with Gasteiger partial charge in [-0.05, 0) is 35.0 Å². The summed E-state index contributed by atoms with van der Waals surface area (Å²) >= 11 is 4.86. The topological polar surface area (TPSA) is 64.6 Å². The number of benzene rings is 1. The molecule has 0 fully saturated rings. The number of halogens is 1. The van der Waals surface area contributed by atoms with Gasteiger partial charge in [-0.15, -0.1) is 11.3 Å². The first-order valence-electron chi connectivity index (χ1n) is 7.51. The van der Waals surface area contributed by atoms with E-state index < -0.39 is 0 Å².